The minimum absolute atomic E-state index is 0.107. The minimum Gasteiger partial charge on any atom is -0.497 e. The van der Waals surface area contributed by atoms with Crippen LogP contribution in [0.1, 0.15) is 23.6 Å². The summed E-state index contributed by atoms with van der Waals surface area (Å²) in [4.78, 5) is 30.9. The predicted octanol–water partition coefficient (Wildman–Crippen LogP) is 5.17. The number of hydrogen-bond donors (Lipinski definition) is 0. The molecule has 0 bridgehead atoms. The second-order valence-corrected chi connectivity index (χ2v) is 8.70. The average Bonchev–Trinajstić information content (AvgIpc) is 2.86. The Morgan fingerprint density at radius 2 is 1.66 bits per heavy atom. The first-order chi connectivity index (χ1) is 16.8. The van der Waals surface area contributed by atoms with E-state index in [4.69, 9.17) is 9.47 Å². The summed E-state index contributed by atoms with van der Waals surface area (Å²) in [5.41, 5.74) is 5.11. The van der Waals surface area contributed by atoms with Crippen molar-refractivity contribution in [1.82, 2.24) is 0 Å². The van der Waals surface area contributed by atoms with E-state index in [1.54, 1.807) is 37.3 Å². The zero-order valence-corrected chi connectivity index (χ0v) is 20.7. The summed E-state index contributed by atoms with van der Waals surface area (Å²) in [5.74, 6) is 0.684. The quantitative estimate of drug-likeness (QED) is 0.499. The van der Waals surface area contributed by atoms with Gasteiger partial charge in [-0.25, -0.2) is 0 Å². The third-order valence-corrected chi connectivity index (χ3v) is 6.39. The maximum atomic E-state index is 14.1. The SMILES string of the molecule is COc1ccc(OC)c(N2CC(=O)N(c3ccc(C)c(C)c3)[C@H](/C(C)=C/c3ccccc3)C2=O)c1. The summed E-state index contributed by atoms with van der Waals surface area (Å²) >= 11 is 0. The normalized spacial score (nSPS) is 16.5. The molecule has 3 aromatic rings. The highest BCUT2D eigenvalue weighted by molar-refractivity contribution is 6.16. The Hall–Kier alpha value is -4.06. The Morgan fingerprint density at radius 3 is 2.31 bits per heavy atom. The molecule has 1 aliphatic heterocycles. The molecule has 0 aliphatic carbocycles. The summed E-state index contributed by atoms with van der Waals surface area (Å²) in [7, 11) is 3.10. The molecule has 1 heterocycles. The number of benzene rings is 3. The largest absolute Gasteiger partial charge is 0.497 e. The molecule has 0 saturated carbocycles. The van der Waals surface area contributed by atoms with Crippen LogP contribution in [0.2, 0.25) is 0 Å². The molecule has 0 unspecified atom stereocenters. The lowest BCUT2D eigenvalue weighted by Gasteiger charge is -2.41. The highest BCUT2D eigenvalue weighted by Crippen LogP contribution is 2.37. The topological polar surface area (TPSA) is 59.1 Å². The van der Waals surface area contributed by atoms with Crippen LogP contribution in [0, 0.1) is 13.8 Å². The number of amides is 2. The lowest BCUT2D eigenvalue weighted by atomic mass is 9.97. The third-order valence-electron chi connectivity index (χ3n) is 6.39. The van der Waals surface area contributed by atoms with Gasteiger partial charge in [-0.2, -0.15) is 0 Å². The number of hydrogen-bond acceptors (Lipinski definition) is 4. The standard InChI is InChI=1S/C29H30N2O4/c1-19-11-12-23(16-20(19)2)31-27(32)18-30(25-17-24(34-4)13-14-26(25)35-5)29(33)28(31)21(3)15-22-9-7-6-8-10-22/h6-17,28H,18H2,1-5H3/b21-15+/t28-/m1/s1. The molecule has 1 aliphatic rings. The molecule has 1 fully saturated rings. The van der Waals surface area contributed by atoms with Gasteiger partial charge in [-0.15, -0.1) is 0 Å². The lowest BCUT2D eigenvalue weighted by Crippen LogP contribution is -2.61. The van der Waals surface area contributed by atoms with E-state index in [2.05, 4.69) is 0 Å². The maximum absolute atomic E-state index is 14.1. The van der Waals surface area contributed by atoms with Gasteiger partial charge in [0.1, 0.15) is 24.1 Å². The first-order valence-corrected chi connectivity index (χ1v) is 11.5. The number of ether oxygens (including phenoxy) is 2. The van der Waals surface area contributed by atoms with E-state index in [1.165, 1.54) is 4.90 Å². The van der Waals surface area contributed by atoms with Gasteiger partial charge in [-0.3, -0.25) is 19.4 Å². The first-order valence-electron chi connectivity index (χ1n) is 11.5. The van der Waals surface area contributed by atoms with Crippen molar-refractivity contribution in [2.45, 2.75) is 26.8 Å². The van der Waals surface area contributed by atoms with Crippen molar-refractivity contribution in [1.29, 1.82) is 0 Å². The third kappa shape index (κ3) is 4.78. The highest BCUT2D eigenvalue weighted by Gasteiger charge is 2.42. The van der Waals surface area contributed by atoms with E-state index in [-0.39, 0.29) is 18.4 Å². The van der Waals surface area contributed by atoms with Gasteiger partial charge in [0.25, 0.3) is 5.91 Å². The van der Waals surface area contributed by atoms with Gasteiger partial charge in [-0.1, -0.05) is 42.5 Å². The molecule has 0 spiro atoms. The molecule has 6 nitrogen and oxygen atoms in total. The summed E-state index contributed by atoms with van der Waals surface area (Å²) in [5, 5.41) is 0. The number of carbonyl (C=O) groups excluding carboxylic acids is 2. The summed E-state index contributed by atoms with van der Waals surface area (Å²) in [6.07, 6.45) is 1.95. The lowest BCUT2D eigenvalue weighted by molar-refractivity contribution is -0.127. The van der Waals surface area contributed by atoms with Crippen LogP contribution in [-0.4, -0.2) is 38.6 Å². The Kier molecular flexibility index (Phi) is 6.92. The second-order valence-electron chi connectivity index (χ2n) is 8.70. The van der Waals surface area contributed by atoms with Crippen molar-refractivity contribution in [3.05, 3.63) is 89.0 Å². The Morgan fingerprint density at radius 1 is 0.914 bits per heavy atom. The average molecular weight is 471 g/mol. The fraction of sp³-hybridized carbons (Fsp3) is 0.241. The monoisotopic (exact) mass is 470 g/mol. The predicted molar refractivity (Wildman–Crippen MR) is 139 cm³/mol. The van der Waals surface area contributed by atoms with Crippen LogP contribution in [0.3, 0.4) is 0 Å². The molecule has 0 radical (unpaired) electrons. The van der Waals surface area contributed by atoms with Crippen molar-refractivity contribution in [3.8, 4) is 11.5 Å². The van der Waals surface area contributed by atoms with Crippen LogP contribution >= 0.6 is 0 Å². The van der Waals surface area contributed by atoms with Crippen molar-refractivity contribution < 1.29 is 19.1 Å². The number of rotatable bonds is 6. The van der Waals surface area contributed by atoms with Gasteiger partial charge in [-0.05, 0) is 67.3 Å². The Bertz CT molecular complexity index is 1280. The molecule has 4 rings (SSSR count). The molecule has 3 aromatic carbocycles. The molecule has 180 valence electrons. The van der Waals surface area contributed by atoms with Gasteiger partial charge in [0.2, 0.25) is 5.91 Å². The van der Waals surface area contributed by atoms with Crippen LogP contribution in [0.15, 0.2) is 72.3 Å². The van der Waals surface area contributed by atoms with Crippen molar-refractivity contribution in [3.63, 3.8) is 0 Å². The summed E-state index contributed by atoms with van der Waals surface area (Å²) in [6.45, 7) is 5.81. The number of methoxy groups -OCH3 is 2. The van der Waals surface area contributed by atoms with E-state index in [1.807, 2.05) is 75.4 Å². The molecule has 0 N–H and O–H groups in total. The summed E-state index contributed by atoms with van der Waals surface area (Å²) in [6, 6.07) is 20.0. The molecular weight excluding hydrogens is 440 g/mol. The Balaban J connectivity index is 1.85. The smallest absolute Gasteiger partial charge is 0.255 e. The van der Waals surface area contributed by atoms with Crippen LogP contribution in [0.5, 0.6) is 11.5 Å². The molecule has 2 amide bonds. The fourth-order valence-corrected chi connectivity index (χ4v) is 4.36. The van der Waals surface area contributed by atoms with Gasteiger partial charge in [0, 0.05) is 11.8 Å². The van der Waals surface area contributed by atoms with Crippen LogP contribution in [0.25, 0.3) is 6.08 Å². The molecule has 6 heteroatoms. The first kappa shape index (κ1) is 24.1. The van der Waals surface area contributed by atoms with E-state index < -0.39 is 6.04 Å². The zero-order chi connectivity index (χ0) is 25.1. The number of piperazine rings is 1. The van der Waals surface area contributed by atoms with Crippen LogP contribution in [0.4, 0.5) is 11.4 Å². The molecule has 0 aromatic heterocycles. The second kappa shape index (κ2) is 10.1. The highest BCUT2D eigenvalue weighted by atomic mass is 16.5. The maximum Gasteiger partial charge on any atom is 0.255 e. The minimum atomic E-state index is -0.811. The van der Waals surface area contributed by atoms with Crippen molar-refractivity contribution in [2.75, 3.05) is 30.6 Å². The van der Waals surface area contributed by atoms with Crippen molar-refractivity contribution in [2.24, 2.45) is 0 Å². The van der Waals surface area contributed by atoms with E-state index in [0.717, 1.165) is 22.3 Å². The number of anilines is 2. The van der Waals surface area contributed by atoms with E-state index in [0.29, 0.717) is 22.9 Å². The summed E-state index contributed by atoms with van der Waals surface area (Å²) < 4.78 is 10.9. The molecule has 35 heavy (non-hydrogen) atoms. The van der Waals surface area contributed by atoms with Crippen LogP contribution < -0.4 is 19.3 Å². The fourth-order valence-electron chi connectivity index (χ4n) is 4.36. The van der Waals surface area contributed by atoms with Gasteiger partial charge in [0.05, 0.1) is 19.9 Å². The van der Waals surface area contributed by atoms with Gasteiger partial charge >= 0.3 is 0 Å². The van der Waals surface area contributed by atoms with Gasteiger partial charge < -0.3 is 9.47 Å². The van der Waals surface area contributed by atoms with Crippen molar-refractivity contribution >= 4 is 29.3 Å². The van der Waals surface area contributed by atoms with Gasteiger partial charge in [0.15, 0.2) is 0 Å². The molecule has 1 atom stereocenters. The number of aryl methyl sites for hydroxylation is 2. The zero-order valence-electron chi connectivity index (χ0n) is 20.7. The molecule has 1 saturated heterocycles. The molecular formula is C29H30N2O4. The van der Waals surface area contributed by atoms with E-state index >= 15 is 0 Å². The van der Waals surface area contributed by atoms with E-state index in [9.17, 15) is 9.59 Å². The van der Waals surface area contributed by atoms with Crippen LogP contribution in [-0.2, 0) is 9.59 Å². The Labute approximate surface area is 206 Å². The number of nitrogens with zero attached hydrogens (tertiary/aromatic N) is 2. The number of carbonyl (C=O) groups is 2.